The van der Waals surface area contributed by atoms with Crippen molar-refractivity contribution in [3.8, 4) is 0 Å². The van der Waals surface area contributed by atoms with Crippen molar-refractivity contribution >= 4 is 17.3 Å². The summed E-state index contributed by atoms with van der Waals surface area (Å²) in [5.41, 5.74) is -1.42. The number of nitrogens with zero attached hydrogens (tertiary/aromatic N) is 1. The summed E-state index contributed by atoms with van der Waals surface area (Å²) in [6.07, 6.45) is 0.00705. The minimum atomic E-state index is -1.43. The molecule has 0 spiro atoms. The second kappa shape index (κ2) is 4.65. The number of hydrogen-bond acceptors (Lipinski definition) is 3. The molecule has 0 heterocycles. The third kappa shape index (κ3) is 2.30. The van der Waals surface area contributed by atoms with Gasteiger partial charge in [-0.25, -0.2) is 8.78 Å². The van der Waals surface area contributed by atoms with Crippen molar-refractivity contribution in [3.63, 3.8) is 0 Å². The second-order valence-corrected chi connectivity index (χ2v) is 2.91. The van der Waals surface area contributed by atoms with Crippen LogP contribution in [0, 0.1) is 21.7 Å². The molecule has 0 aliphatic carbocycles. The molecule has 0 radical (unpaired) electrons. The van der Waals surface area contributed by atoms with E-state index in [-0.39, 0.29) is 6.42 Å². The fourth-order valence-corrected chi connectivity index (χ4v) is 1.04. The van der Waals surface area contributed by atoms with E-state index in [2.05, 4.69) is 0 Å². The highest BCUT2D eigenvalue weighted by Gasteiger charge is 2.22. The number of anilines is 1. The molecule has 0 aromatic heterocycles. The molecule has 0 atom stereocenters. The summed E-state index contributed by atoms with van der Waals surface area (Å²) in [6, 6.07) is 1.43. The van der Waals surface area contributed by atoms with E-state index >= 15 is 0 Å². The monoisotopic (exact) mass is 230 g/mol. The highest BCUT2D eigenvalue weighted by atomic mass is 19.2. The van der Waals surface area contributed by atoms with Crippen LogP contribution in [-0.4, -0.2) is 10.8 Å². The molecule has 1 N–H and O–H groups in total. The molecule has 16 heavy (non-hydrogen) atoms. The van der Waals surface area contributed by atoms with Crippen molar-refractivity contribution in [1.29, 1.82) is 0 Å². The van der Waals surface area contributed by atoms with Crippen molar-refractivity contribution in [2.45, 2.75) is 13.3 Å². The Kier molecular flexibility index (Phi) is 3.49. The lowest BCUT2D eigenvalue weighted by molar-refractivity contribution is -0.384. The molecular weight excluding hydrogens is 222 g/mol. The zero-order valence-electron chi connectivity index (χ0n) is 8.29. The Balaban J connectivity index is 3.26. The first-order valence-corrected chi connectivity index (χ1v) is 4.39. The van der Waals surface area contributed by atoms with Gasteiger partial charge in [0.25, 0.3) is 5.69 Å². The lowest BCUT2D eigenvalue weighted by Crippen LogP contribution is -2.13. The fourth-order valence-electron chi connectivity index (χ4n) is 1.04. The molecule has 0 bridgehead atoms. The molecule has 0 aliphatic rings. The van der Waals surface area contributed by atoms with Crippen LogP contribution in [0.15, 0.2) is 12.1 Å². The van der Waals surface area contributed by atoms with Gasteiger partial charge in [-0.2, -0.15) is 0 Å². The fraction of sp³-hybridized carbons (Fsp3) is 0.222. The summed E-state index contributed by atoms with van der Waals surface area (Å²) in [5.74, 6) is -3.32. The number of amides is 1. The van der Waals surface area contributed by atoms with E-state index in [0.717, 1.165) is 6.07 Å². The molecule has 86 valence electrons. The lowest BCUT2D eigenvalue weighted by atomic mass is 10.2. The lowest BCUT2D eigenvalue weighted by Gasteiger charge is -2.06. The van der Waals surface area contributed by atoms with Crippen LogP contribution in [0.25, 0.3) is 0 Å². The zero-order valence-corrected chi connectivity index (χ0v) is 8.29. The van der Waals surface area contributed by atoms with Crippen LogP contribution in [0.2, 0.25) is 0 Å². The summed E-state index contributed by atoms with van der Waals surface area (Å²) in [6.45, 7) is 1.48. The molecule has 0 saturated heterocycles. The smallest absolute Gasteiger partial charge is 0.296 e. The van der Waals surface area contributed by atoms with Crippen molar-refractivity contribution in [2.75, 3.05) is 5.32 Å². The summed E-state index contributed by atoms with van der Waals surface area (Å²) in [7, 11) is 0. The van der Waals surface area contributed by atoms with Gasteiger partial charge >= 0.3 is 0 Å². The van der Waals surface area contributed by atoms with Crippen LogP contribution in [0.3, 0.4) is 0 Å². The van der Waals surface area contributed by atoms with E-state index in [1.54, 1.807) is 0 Å². The summed E-state index contributed by atoms with van der Waals surface area (Å²) >= 11 is 0. The van der Waals surface area contributed by atoms with Crippen LogP contribution < -0.4 is 5.32 Å². The Labute approximate surface area is 89.2 Å². The first-order valence-electron chi connectivity index (χ1n) is 4.39. The second-order valence-electron chi connectivity index (χ2n) is 2.91. The number of carbonyl (C=O) groups excluding carboxylic acids is 1. The van der Waals surface area contributed by atoms with Crippen LogP contribution >= 0.6 is 0 Å². The molecule has 0 fully saturated rings. The first kappa shape index (κ1) is 12.0. The van der Waals surface area contributed by atoms with Crippen molar-refractivity contribution in [2.24, 2.45) is 0 Å². The number of benzene rings is 1. The number of carbonyl (C=O) groups is 1. The number of nitrogens with one attached hydrogen (secondary N) is 1. The molecule has 1 aromatic carbocycles. The number of hydrogen-bond donors (Lipinski definition) is 1. The van der Waals surface area contributed by atoms with Crippen molar-refractivity contribution in [3.05, 3.63) is 33.9 Å². The Morgan fingerprint density at radius 1 is 1.50 bits per heavy atom. The number of halogens is 2. The highest BCUT2D eigenvalue weighted by Crippen LogP contribution is 2.29. The number of nitro benzene ring substituents is 1. The average Bonchev–Trinajstić information content (AvgIpc) is 2.24. The van der Waals surface area contributed by atoms with Crippen LogP contribution in [0.5, 0.6) is 0 Å². The van der Waals surface area contributed by atoms with Crippen LogP contribution in [-0.2, 0) is 4.79 Å². The number of rotatable bonds is 3. The standard InChI is InChI=1S/C9H8F2N2O3/c1-2-7(14)12-9-6(13(15)16)4-3-5(10)8(9)11/h3-4H,2H2,1H3,(H,12,14). The molecular formula is C9H8F2N2O3. The summed E-state index contributed by atoms with van der Waals surface area (Å²) in [5, 5.41) is 12.5. The third-order valence-corrected chi connectivity index (χ3v) is 1.86. The summed E-state index contributed by atoms with van der Waals surface area (Å²) < 4.78 is 26.1. The highest BCUT2D eigenvalue weighted by molar-refractivity contribution is 5.93. The van der Waals surface area contributed by atoms with Crippen molar-refractivity contribution in [1.82, 2.24) is 0 Å². The predicted octanol–water partition coefficient (Wildman–Crippen LogP) is 2.22. The molecule has 1 amide bonds. The Morgan fingerprint density at radius 3 is 2.62 bits per heavy atom. The van der Waals surface area contributed by atoms with E-state index in [9.17, 15) is 23.7 Å². The van der Waals surface area contributed by atoms with Gasteiger partial charge in [-0.05, 0) is 6.07 Å². The SMILES string of the molecule is CCC(=O)Nc1c([N+](=O)[O-])ccc(F)c1F. The molecule has 0 aliphatic heterocycles. The minimum absolute atomic E-state index is 0.00705. The van der Waals surface area contributed by atoms with E-state index in [1.165, 1.54) is 6.92 Å². The average molecular weight is 230 g/mol. The summed E-state index contributed by atoms with van der Waals surface area (Å²) in [4.78, 5) is 20.6. The maximum atomic E-state index is 13.2. The van der Waals surface area contributed by atoms with Crippen LogP contribution in [0.4, 0.5) is 20.2 Å². The maximum absolute atomic E-state index is 13.2. The van der Waals surface area contributed by atoms with Gasteiger partial charge in [0.05, 0.1) is 4.92 Å². The Morgan fingerprint density at radius 2 is 2.12 bits per heavy atom. The largest absolute Gasteiger partial charge is 0.318 e. The van der Waals surface area contributed by atoms with Gasteiger partial charge in [0, 0.05) is 12.5 Å². The Bertz CT molecular complexity index is 449. The molecule has 0 saturated carbocycles. The zero-order chi connectivity index (χ0) is 12.3. The van der Waals surface area contributed by atoms with E-state index < -0.39 is 33.8 Å². The molecule has 1 aromatic rings. The van der Waals surface area contributed by atoms with Gasteiger partial charge in [-0.3, -0.25) is 14.9 Å². The minimum Gasteiger partial charge on any atom is -0.318 e. The van der Waals surface area contributed by atoms with Gasteiger partial charge < -0.3 is 5.32 Å². The quantitative estimate of drug-likeness (QED) is 0.639. The van der Waals surface area contributed by atoms with E-state index in [0.29, 0.717) is 6.07 Å². The third-order valence-electron chi connectivity index (χ3n) is 1.86. The van der Waals surface area contributed by atoms with Gasteiger partial charge in [-0.15, -0.1) is 0 Å². The molecule has 0 unspecified atom stereocenters. The van der Waals surface area contributed by atoms with Gasteiger partial charge in [-0.1, -0.05) is 6.92 Å². The maximum Gasteiger partial charge on any atom is 0.296 e. The Hall–Kier alpha value is -2.05. The van der Waals surface area contributed by atoms with Gasteiger partial charge in [0.15, 0.2) is 17.3 Å². The van der Waals surface area contributed by atoms with Gasteiger partial charge in [0.2, 0.25) is 5.91 Å². The molecule has 5 nitrogen and oxygen atoms in total. The van der Waals surface area contributed by atoms with Crippen LogP contribution in [0.1, 0.15) is 13.3 Å². The van der Waals surface area contributed by atoms with Crippen molar-refractivity contribution < 1.29 is 18.5 Å². The molecule has 7 heteroatoms. The topological polar surface area (TPSA) is 72.2 Å². The first-order chi connectivity index (χ1) is 7.47. The normalized spacial score (nSPS) is 9.94. The molecule has 1 rings (SSSR count). The predicted molar refractivity (Wildman–Crippen MR) is 51.9 cm³/mol. The van der Waals surface area contributed by atoms with E-state index in [1.807, 2.05) is 5.32 Å². The number of nitro groups is 1. The van der Waals surface area contributed by atoms with Gasteiger partial charge in [0.1, 0.15) is 0 Å². The van der Waals surface area contributed by atoms with E-state index in [4.69, 9.17) is 0 Å².